The first-order valence-corrected chi connectivity index (χ1v) is 5.30. The maximum absolute atomic E-state index is 3.59. The van der Waals surface area contributed by atoms with Crippen LogP contribution in [0.1, 0.15) is 6.92 Å². The molecule has 0 saturated heterocycles. The van der Waals surface area contributed by atoms with Gasteiger partial charge < -0.3 is 0 Å². The van der Waals surface area contributed by atoms with Gasteiger partial charge in [-0.05, 0) is 17.9 Å². The first-order valence-electron chi connectivity index (χ1n) is 1.88. The highest BCUT2D eigenvalue weighted by Gasteiger charge is 1.73. The molecule has 0 nitrogen and oxygen atoms in total. The van der Waals surface area contributed by atoms with E-state index >= 15 is 0 Å². The lowest BCUT2D eigenvalue weighted by Crippen LogP contribution is -1.56. The van der Waals surface area contributed by atoms with Crippen molar-refractivity contribution in [1.29, 1.82) is 0 Å². The van der Waals surface area contributed by atoms with Gasteiger partial charge in [-0.2, -0.15) is 0 Å². The molecule has 0 radical (unpaired) electrons. The molecule has 0 aliphatic rings. The predicted molar refractivity (Wildman–Crippen MR) is 45.6 cm³/mol. The van der Waals surface area contributed by atoms with Gasteiger partial charge in [0.05, 0.1) is 0 Å². The summed E-state index contributed by atoms with van der Waals surface area (Å²) in [4.78, 5) is 0. The smallest absolute Gasteiger partial charge is 0.000785 e. The third kappa shape index (κ3) is 4.41. The van der Waals surface area contributed by atoms with E-state index in [4.69, 9.17) is 0 Å². The molecule has 0 heterocycles. The molecule has 7 heavy (non-hydrogen) atoms. The lowest BCUT2D eigenvalue weighted by Gasteiger charge is -1.81. The van der Waals surface area contributed by atoms with Crippen molar-refractivity contribution < 1.29 is 0 Å². The summed E-state index contributed by atoms with van der Waals surface area (Å²) in [6, 6.07) is 0. The fraction of sp³-hybridized carbons (Fsp3) is 0.200. The summed E-state index contributed by atoms with van der Waals surface area (Å²) in [5.41, 5.74) is 1.22. The van der Waals surface area contributed by atoms with E-state index in [0.717, 1.165) is 0 Å². The van der Waals surface area contributed by atoms with E-state index in [2.05, 4.69) is 27.8 Å². The first-order chi connectivity index (χ1) is 3.31. The zero-order chi connectivity index (χ0) is 5.70. The Balaban J connectivity index is 3.49. The highest BCUT2D eigenvalue weighted by atomic mass is 127. The topological polar surface area (TPSA) is 0 Å². The molecular formula is C5H7IS. The Kier molecular flexibility index (Phi) is 5.09. The summed E-state index contributed by atoms with van der Waals surface area (Å²) >= 11 is 2.22. The molecular weight excluding hydrogens is 219 g/mol. The number of rotatable bonds is 2. The van der Waals surface area contributed by atoms with Gasteiger partial charge in [0, 0.05) is 21.2 Å². The largest absolute Gasteiger partial charge is 0.0988 e. The average molecular weight is 226 g/mol. The van der Waals surface area contributed by atoms with Crippen molar-refractivity contribution in [3.05, 3.63) is 23.6 Å². The van der Waals surface area contributed by atoms with Gasteiger partial charge in [0.2, 0.25) is 0 Å². The number of halogens is 1. The standard InChI is InChI=1S/C5H7IS/c1-3-5(2)4-7-6/h3-4H,1H2,2H3/b5-4-. The normalized spacial score (nSPS) is 11.4. The summed E-state index contributed by atoms with van der Waals surface area (Å²) in [6.07, 6.45) is 1.84. The van der Waals surface area contributed by atoms with Crippen molar-refractivity contribution in [1.82, 2.24) is 0 Å². The third-order valence-corrected chi connectivity index (χ3v) is 1.78. The molecule has 40 valence electrons. The van der Waals surface area contributed by atoms with Crippen molar-refractivity contribution in [2.24, 2.45) is 0 Å². The predicted octanol–water partition coefficient (Wildman–Crippen LogP) is 3.16. The number of hydrogen-bond acceptors (Lipinski definition) is 1. The van der Waals surface area contributed by atoms with Crippen LogP contribution < -0.4 is 0 Å². The van der Waals surface area contributed by atoms with Crippen molar-refractivity contribution in [2.45, 2.75) is 6.92 Å². The molecule has 0 N–H and O–H groups in total. The van der Waals surface area contributed by atoms with Gasteiger partial charge in [0.1, 0.15) is 0 Å². The molecule has 0 fully saturated rings. The average Bonchev–Trinajstić information content (AvgIpc) is 1.68. The third-order valence-electron chi connectivity index (χ3n) is 0.552. The Labute approximate surface area is 60.7 Å². The minimum atomic E-state index is 1.22. The molecule has 0 spiro atoms. The van der Waals surface area contributed by atoms with Crippen LogP contribution in [0.4, 0.5) is 0 Å². The van der Waals surface area contributed by atoms with Crippen molar-refractivity contribution >= 4 is 30.1 Å². The molecule has 0 bridgehead atoms. The van der Waals surface area contributed by atoms with E-state index in [-0.39, 0.29) is 0 Å². The van der Waals surface area contributed by atoms with Crippen LogP contribution in [0, 0.1) is 0 Å². The van der Waals surface area contributed by atoms with Gasteiger partial charge in [-0.1, -0.05) is 21.6 Å². The lowest BCUT2D eigenvalue weighted by molar-refractivity contribution is 1.57. The monoisotopic (exact) mass is 226 g/mol. The lowest BCUT2D eigenvalue weighted by atomic mass is 10.4. The van der Waals surface area contributed by atoms with Crippen LogP contribution in [0.5, 0.6) is 0 Å². The van der Waals surface area contributed by atoms with E-state index in [9.17, 15) is 0 Å². The Morgan fingerprint density at radius 3 is 2.57 bits per heavy atom. The number of allylic oxidation sites excluding steroid dienone is 2. The Morgan fingerprint density at radius 2 is 2.43 bits per heavy atom. The van der Waals surface area contributed by atoms with Crippen LogP contribution in [0.15, 0.2) is 23.6 Å². The highest BCUT2D eigenvalue weighted by molar-refractivity contribution is 14.2. The molecule has 0 rings (SSSR count). The molecule has 2 heteroatoms. The zero-order valence-corrected chi connectivity index (χ0v) is 7.12. The second kappa shape index (κ2) is 4.71. The van der Waals surface area contributed by atoms with Crippen LogP contribution in [-0.2, 0) is 0 Å². The van der Waals surface area contributed by atoms with Gasteiger partial charge in [-0.15, -0.1) is 0 Å². The molecule has 0 aromatic heterocycles. The summed E-state index contributed by atoms with van der Waals surface area (Å²) in [6.45, 7) is 5.62. The SMILES string of the molecule is C=C/C(C)=C\SI. The van der Waals surface area contributed by atoms with Crippen molar-refractivity contribution in [3.63, 3.8) is 0 Å². The van der Waals surface area contributed by atoms with E-state index in [1.807, 2.05) is 18.4 Å². The highest BCUT2D eigenvalue weighted by Crippen LogP contribution is 2.14. The van der Waals surface area contributed by atoms with E-state index < -0.39 is 0 Å². The second-order valence-corrected chi connectivity index (χ2v) is 3.09. The summed E-state index contributed by atoms with van der Waals surface area (Å²) < 4.78 is 0. The van der Waals surface area contributed by atoms with Crippen LogP contribution >= 0.6 is 30.1 Å². The van der Waals surface area contributed by atoms with Gasteiger partial charge >= 0.3 is 0 Å². The molecule has 0 aliphatic carbocycles. The quantitative estimate of drug-likeness (QED) is 0.514. The van der Waals surface area contributed by atoms with Crippen LogP contribution in [0.2, 0.25) is 0 Å². The Hall–Kier alpha value is 0.560. The first kappa shape index (κ1) is 7.56. The van der Waals surface area contributed by atoms with Gasteiger partial charge in [-0.25, -0.2) is 0 Å². The van der Waals surface area contributed by atoms with Gasteiger partial charge in [0.15, 0.2) is 0 Å². The fourth-order valence-electron chi connectivity index (χ4n) is 0.118. The van der Waals surface area contributed by atoms with E-state index in [1.165, 1.54) is 5.57 Å². The Morgan fingerprint density at radius 1 is 1.86 bits per heavy atom. The van der Waals surface area contributed by atoms with Crippen LogP contribution in [0.25, 0.3) is 0 Å². The molecule has 0 aliphatic heterocycles. The summed E-state index contributed by atoms with van der Waals surface area (Å²) in [7, 11) is 1.67. The molecule has 0 atom stereocenters. The van der Waals surface area contributed by atoms with Gasteiger partial charge in [-0.3, -0.25) is 0 Å². The van der Waals surface area contributed by atoms with Crippen molar-refractivity contribution in [2.75, 3.05) is 0 Å². The van der Waals surface area contributed by atoms with E-state index in [1.54, 1.807) is 8.93 Å². The number of hydrogen-bond donors (Lipinski definition) is 0. The fourth-order valence-corrected chi connectivity index (χ4v) is 1.56. The maximum Gasteiger partial charge on any atom is 0.000785 e. The van der Waals surface area contributed by atoms with E-state index in [0.29, 0.717) is 0 Å². The molecule has 0 aromatic carbocycles. The molecule has 0 unspecified atom stereocenters. The Bertz CT molecular complexity index is 86.1. The molecule has 0 amide bonds. The van der Waals surface area contributed by atoms with Crippen molar-refractivity contribution in [3.8, 4) is 0 Å². The minimum Gasteiger partial charge on any atom is -0.0988 e. The van der Waals surface area contributed by atoms with Gasteiger partial charge in [0.25, 0.3) is 0 Å². The zero-order valence-electron chi connectivity index (χ0n) is 4.15. The van der Waals surface area contributed by atoms with Crippen LogP contribution in [0.3, 0.4) is 0 Å². The summed E-state index contributed by atoms with van der Waals surface area (Å²) in [5, 5.41) is 2.05. The maximum atomic E-state index is 3.59. The molecule has 0 saturated carbocycles. The molecule has 0 aromatic rings. The summed E-state index contributed by atoms with van der Waals surface area (Å²) in [5.74, 6) is 0. The second-order valence-electron chi connectivity index (χ2n) is 1.16. The van der Waals surface area contributed by atoms with Crippen LogP contribution in [-0.4, -0.2) is 0 Å². The minimum absolute atomic E-state index is 1.22.